The zero-order valence-corrected chi connectivity index (χ0v) is 11.9. The molecule has 1 aromatic rings. The van der Waals surface area contributed by atoms with Crippen LogP contribution in [0.5, 0.6) is 0 Å². The molecule has 0 atom stereocenters. The van der Waals surface area contributed by atoms with Crippen molar-refractivity contribution >= 4 is 5.91 Å². The Kier molecular flexibility index (Phi) is 5.99. The lowest BCUT2D eigenvalue weighted by molar-refractivity contribution is 0.0817. The van der Waals surface area contributed by atoms with Crippen LogP contribution in [0.4, 0.5) is 0 Å². The largest absolute Gasteiger partial charge is 0.394 e. The van der Waals surface area contributed by atoms with E-state index in [9.17, 15) is 9.90 Å². The van der Waals surface area contributed by atoms with Crippen LogP contribution in [0.3, 0.4) is 0 Å². The summed E-state index contributed by atoms with van der Waals surface area (Å²) in [5.74, 6) is -0.157. The number of methoxy groups -OCH3 is 1. The predicted molar refractivity (Wildman–Crippen MR) is 75.0 cm³/mol. The van der Waals surface area contributed by atoms with Crippen LogP contribution in [0, 0.1) is 0 Å². The minimum Gasteiger partial charge on any atom is -0.394 e. The number of rotatable bonds is 7. The van der Waals surface area contributed by atoms with E-state index in [1.54, 1.807) is 13.2 Å². The molecule has 0 unspecified atom stereocenters. The van der Waals surface area contributed by atoms with Gasteiger partial charge in [0, 0.05) is 12.7 Å². The van der Waals surface area contributed by atoms with E-state index in [1.807, 2.05) is 32.0 Å². The van der Waals surface area contributed by atoms with Crippen LogP contribution in [0.1, 0.15) is 42.6 Å². The molecular formula is C15H23NO3. The van der Waals surface area contributed by atoms with Crippen LogP contribution < -0.4 is 5.32 Å². The Morgan fingerprint density at radius 2 is 2.05 bits per heavy atom. The molecule has 19 heavy (non-hydrogen) atoms. The van der Waals surface area contributed by atoms with Crippen LogP contribution >= 0.6 is 0 Å². The summed E-state index contributed by atoms with van der Waals surface area (Å²) in [4.78, 5) is 12.2. The van der Waals surface area contributed by atoms with Crippen LogP contribution in [0.2, 0.25) is 0 Å². The molecule has 0 saturated heterocycles. The fourth-order valence-corrected chi connectivity index (χ4v) is 1.97. The molecule has 0 spiro atoms. The van der Waals surface area contributed by atoms with Gasteiger partial charge in [-0.05, 0) is 30.5 Å². The maximum absolute atomic E-state index is 12.2. The molecule has 4 nitrogen and oxygen atoms in total. The normalized spacial score (nSPS) is 11.4. The maximum Gasteiger partial charge on any atom is 0.251 e. The Balaban J connectivity index is 2.85. The average molecular weight is 265 g/mol. The second-order valence-electron chi connectivity index (χ2n) is 4.73. The van der Waals surface area contributed by atoms with Crippen molar-refractivity contribution in [3.63, 3.8) is 0 Å². The lowest BCUT2D eigenvalue weighted by Gasteiger charge is -2.30. The van der Waals surface area contributed by atoms with Crippen molar-refractivity contribution in [2.75, 3.05) is 13.7 Å². The van der Waals surface area contributed by atoms with Gasteiger partial charge in [-0.1, -0.05) is 26.0 Å². The summed E-state index contributed by atoms with van der Waals surface area (Å²) in [7, 11) is 1.62. The molecule has 0 bridgehead atoms. The first-order valence-electron chi connectivity index (χ1n) is 6.62. The van der Waals surface area contributed by atoms with E-state index in [1.165, 1.54) is 0 Å². The topological polar surface area (TPSA) is 58.6 Å². The van der Waals surface area contributed by atoms with Crippen molar-refractivity contribution in [3.05, 3.63) is 35.4 Å². The summed E-state index contributed by atoms with van der Waals surface area (Å²) in [6.45, 7) is 4.35. The van der Waals surface area contributed by atoms with Crippen LogP contribution in [0.15, 0.2) is 24.3 Å². The third-order valence-corrected chi connectivity index (χ3v) is 3.54. The van der Waals surface area contributed by atoms with Gasteiger partial charge in [-0.25, -0.2) is 0 Å². The molecule has 2 N–H and O–H groups in total. The van der Waals surface area contributed by atoms with Crippen molar-refractivity contribution in [3.8, 4) is 0 Å². The summed E-state index contributed by atoms with van der Waals surface area (Å²) < 4.78 is 5.06. The maximum atomic E-state index is 12.2. The number of benzene rings is 1. The fourth-order valence-electron chi connectivity index (χ4n) is 1.97. The number of nitrogens with one attached hydrogen (secondary N) is 1. The molecule has 0 radical (unpaired) electrons. The van der Waals surface area contributed by atoms with Crippen LogP contribution in [0.25, 0.3) is 0 Å². The molecule has 0 saturated carbocycles. The molecule has 0 aliphatic rings. The number of hydrogen-bond donors (Lipinski definition) is 2. The standard InChI is InChI=1S/C15H23NO3/c1-4-15(5-2,11-17)16-14(18)13-8-6-7-12(9-13)10-19-3/h6-9,17H,4-5,10-11H2,1-3H3,(H,16,18). The van der Waals surface area contributed by atoms with Crippen LogP contribution in [-0.4, -0.2) is 30.3 Å². The quantitative estimate of drug-likeness (QED) is 0.794. The summed E-state index contributed by atoms with van der Waals surface area (Å²) in [6.07, 6.45) is 1.40. The zero-order chi connectivity index (χ0) is 14.3. The smallest absolute Gasteiger partial charge is 0.251 e. The molecule has 0 aliphatic heterocycles. The summed E-state index contributed by atoms with van der Waals surface area (Å²) in [5, 5.41) is 12.4. The van der Waals surface area contributed by atoms with Gasteiger partial charge in [0.1, 0.15) is 0 Å². The highest BCUT2D eigenvalue weighted by molar-refractivity contribution is 5.94. The number of aliphatic hydroxyl groups excluding tert-OH is 1. The van der Waals surface area contributed by atoms with Crippen molar-refractivity contribution in [1.29, 1.82) is 0 Å². The van der Waals surface area contributed by atoms with Crippen molar-refractivity contribution in [2.45, 2.75) is 38.8 Å². The van der Waals surface area contributed by atoms with Gasteiger partial charge >= 0.3 is 0 Å². The van der Waals surface area contributed by atoms with Crippen LogP contribution in [-0.2, 0) is 11.3 Å². The third-order valence-electron chi connectivity index (χ3n) is 3.54. The van der Waals surface area contributed by atoms with Gasteiger partial charge < -0.3 is 15.2 Å². The molecular weight excluding hydrogens is 242 g/mol. The molecule has 0 aromatic heterocycles. The molecule has 1 amide bonds. The second kappa shape index (κ2) is 7.26. The minimum atomic E-state index is -0.533. The summed E-state index contributed by atoms with van der Waals surface area (Å²) in [5.41, 5.74) is 1.01. The van der Waals surface area contributed by atoms with E-state index in [-0.39, 0.29) is 12.5 Å². The van der Waals surface area contributed by atoms with E-state index >= 15 is 0 Å². The average Bonchev–Trinajstić information content (AvgIpc) is 2.45. The lowest BCUT2D eigenvalue weighted by Crippen LogP contribution is -2.50. The van der Waals surface area contributed by atoms with E-state index in [4.69, 9.17) is 4.74 Å². The Bertz CT molecular complexity index is 405. The number of carbonyl (C=O) groups is 1. The highest BCUT2D eigenvalue weighted by atomic mass is 16.5. The van der Waals surface area contributed by atoms with Crippen molar-refractivity contribution < 1.29 is 14.6 Å². The molecule has 106 valence electrons. The SMILES string of the molecule is CCC(CC)(CO)NC(=O)c1cccc(COC)c1. The van der Waals surface area contributed by atoms with E-state index in [0.29, 0.717) is 25.0 Å². The van der Waals surface area contributed by atoms with E-state index < -0.39 is 5.54 Å². The number of ether oxygens (including phenoxy) is 1. The van der Waals surface area contributed by atoms with Gasteiger partial charge in [0.25, 0.3) is 5.91 Å². The molecule has 1 rings (SSSR count). The Morgan fingerprint density at radius 1 is 1.37 bits per heavy atom. The Hall–Kier alpha value is -1.39. The minimum absolute atomic E-state index is 0.0521. The van der Waals surface area contributed by atoms with Crippen molar-refractivity contribution in [2.24, 2.45) is 0 Å². The molecule has 1 aromatic carbocycles. The Morgan fingerprint density at radius 3 is 2.58 bits per heavy atom. The van der Waals surface area contributed by atoms with Gasteiger partial charge in [0.2, 0.25) is 0 Å². The summed E-state index contributed by atoms with van der Waals surface area (Å²) >= 11 is 0. The first kappa shape index (κ1) is 15.7. The first-order valence-corrected chi connectivity index (χ1v) is 6.62. The van der Waals surface area contributed by atoms with Gasteiger partial charge in [-0.2, -0.15) is 0 Å². The van der Waals surface area contributed by atoms with E-state index in [0.717, 1.165) is 5.56 Å². The Labute approximate surface area is 114 Å². The summed E-state index contributed by atoms with van der Waals surface area (Å²) in [6, 6.07) is 7.33. The number of aliphatic hydroxyl groups is 1. The monoisotopic (exact) mass is 265 g/mol. The first-order chi connectivity index (χ1) is 9.10. The molecule has 0 fully saturated rings. The van der Waals surface area contributed by atoms with Crippen molar-refractivity contribution in [1.82, 2.24) is 5.32 Å². The lowest BCUT2D eigenvalue weighted by atomic mass is 9.93. The molecule has 0 aliphatic carbocycles. The predicted octanol–water partition coefficient (Wildman–Crippen LogP) is 2.11. The highest BCUT2D eigenvalue weighted by Crippen LogP contribution is 2.16. The number of hydrogen-bond acceptors (Lipinski definition) is 3. The second-order valence-corrected chi connectivity index (χ2v) is 4.73. The number of carbonyl (C=O) groups excluding carboxylic acids is 1. The molecule has 4 heteroatoms. The van der Waals surface area contributed by atoms with Gasteiger partial charge in [-0.15, -0.1) is 0 Å². The molecule has 0 heterocycles. The van der Waals surface area contributed by atoms with Gasteiger partial charge in [-0.3, -0.25) is 4.79 Å². The van der Waals surface area contributed by atoms with Gasteiger partial charge in [0.15, 0.2) is 0 Å². The van der Waals surface area contributed by atoms with E-state index in [2.05, 4.69) is 5.32 Å². The third kappa shape index (κ3) is 4.04. The highest BCUT2D eigenvalue weighted by Gasteiger charge is 2.27. The zero-order valence-electron chi connectivity index (χ0n) is 11.9. The number of amides is 1. The van der Waals surface area contributed by atoms with Gasteiger partial charge in [0.05, 0.1) is 18.8 Å². The fraction of sp³-hybridized carbons (Fsp3) is 0.533.